The van der Waals surface area contributed by atoms with E-state index in [1.807, 2.05) is 0 Å². The van der Waals surface area contributed by atoms with E-state index in [2.05, 4.69) is 43.1 Å². The number of hydrogen-bond donors (Lipinski definition) is 1. The van der Waals surface area contributed by atoms with Gasteiger partial charge in [-0.15, -0.1) is 0 Å². The number of aryl methyl sites for hydroxylation is 1. The first-order valence-electron chi connectivity index (χ1n) is 8.71. The lowest BCUT2D eigenvalue weighted by Gasteiger charge is -2.33. The van der Waals surface area contributed by atoms with Crippen LogP contribution in [-0.4, -0.2) is 25.0 Å². The highest BCUT2D eigenvalue weighted by atomic mass is 15.1. The van der Waals surface area contributed by atoms with Crippen molar-refractivity contribution in [2.45, 2.75) is 45.1 Å². The summed E-state index contributed by atoms with van der Waals surface area (Å²) in [4.78, 5) is 2.53. The van der Waals surface area contributed by atoms with E-state index in [0.29, 0.717) is 12.6 Å². The van der Waals surface area contributed by atoms with Crippen LogP contribution in [0.5, 0.6) is 0 Å². The van der Waals surface area contributed by atoms with E-state index < -0.39 is 0 Å². The van der Waals surface area contributed by atoms with Gasteiger partial charge in [0.1, 0.15) is 0 Å². The first kappa shape index (κ1) is 15.1. The van der Waals surface area contributed by atoms with Gasteiger partial charge in [0.15, 0.2) is 0 Å². The highest BCUT2D eigenvalue weighted by Gasteiger charge is 2.40. The molecular formula is C19H30N2. The Labute approximate surface area is 129 Å². The summed E-state index contributed by atoms with van der Waals surface area (Å²) in [5, 5.41) is 0. The predicted octanol–water partition coefficient (Wildman–Crippen LogP) is 3.62. The Balaban J connectivity index is 1.70. The van der Waals surface area contributed by atoms with Crippen molar-refractivity contribution in [1.82, 2.24) is 4.90 Å². The van der Waals surface area contributed by atoms with E-state index >= 15 is 0 Å². The molecule has 2 nitrogen and oxygen atoms in total. The highest BCUT2D eigenvalue weighted by Crippen LogP contribution is 2.48. The molecule has 21 heavy (non-hydrogen) atoms. The predicted molar refractivity (Wildman–Crippen MR) is 89.2 cm³/mol. The highest BCUT2D eigenvalue weighted by molar-refractivity contribution is 5.30. The van der Waals surface area contributed by atoms with E-state index in [9.17, 15) is 0 Å². The molecule has 0 aromatic heterocycles. The zero-order chi connectivity index (χ0) is 14.8. The number of nitrogens with zero attached hydrogens (tertiary/aromatic N) is 1. The van der Waals surface area contributed by atoms with Crippen LogP contribution in [0.25, 0.3) is 0 Å². The van der Waals surface area contributed by atoms with Crippen LogP contribution in [0.15, 0.2) is 24.3 Å². The van der Waals surface area contributed by atoms with Gasteiger partial charge in [-0.1, -0.05) is 37.6 Å². The molecule has 2 bridgehead atoms. The summed E-state index contributed by atoms with van der Waals surface area (Å²) in [5.41, 5.74) is 9.03. The van der Waals surface area contributed by atoms with Gasteiger partial charge in [-0.05, 0) is 61.6 Å². The minimum Gasteiger partial charge on any atom is -0.329 e. The minimum atomic E-state index is 0.375. The average molecular weight is 286 g/mol. The van der Waals surface area contributed by atoms with Gasteiger partial charge in [-0.2, -0.15) is 0 Å². The SMILES string of the molecule is CCc1ccccc1C(CN)N(C)CC1CC2CCC1C2. The maximum absolute atomic E-state index is 6.14. The Bertz CT molecular complexity index is 470. The molecule has 0 aliphatic heterocycles. The number of rotatable bonds is 6. The fraction of sp³-hybridized carbons (Fsp3) is 0.684. The summed E-state index contributed by atoms with van der Waals surface area (Å²) in [6.07, 6.45) is 7.01. The topological polar surface area (TPSA) is 29.3 Å². The van der Waals surface area contributed by atoms with Crippen LogP contribution in [0, 0.1) is 17.8 Å². The van der Waals surface area contributed by atoms with Crippen LogP contribution in [0.4, 0.5) is 0 Å². The Kier molecular flexibility index (Phi) is 4.66. The lowest BCUT2D eigenvalue weighted by atomic mass is 9.87. The van der Waals surface area contributed by atoms with Gasteiger partial charge >= 0.3 is 0 Å². The van der Waals surface area contributed by atoms with Crippen molar-refractivity contribution < 1.29 is 0 Å². The molecule has 2 saturated carbocycles. The molecule has 2 fully saturated rings. The van der Waals surface area contributed by atoms with Crippen molar-refractivity contribution in [1.29, 1.82) is 0 Å². The third kappa shape index (κ3) is 3.02. The summed E-state index contributed by atoms with van der Waals surface area (Å²) in [5.74, 6) is 2.95. The normalized spacial score (nSPS) is 29.2. The molecule has 2 heteroatoms. The number of likely N-dealkylation sites (N-methyl/N-ethyl adjacent to an activating group) is 1. The first-order chi connectivity index (χ1) is 10.2. The summed E-state index contributed by atoms with van der Waals surface area (Å²) >= 11 is 0. The van der Waals surface area contributed by atoms with Crippen LogP contribution in [0.1, 0.15) is 49.8 Å². The molecule has 1 aromatic rings. The monoisotopic (exact) mass is 286 g/mol. The second-order valence-corrected chi connectivity index (χ2v) is 7.18. The largest absolute Gasteiger partial charge is 0.329 e. The number of fused-ring (bicyclic) bond motifs is 2. The Hall–Kier alpha value is -0.860. The lowest BCUT2D eigenvalue weighted by Crippen LogP contribution is -2.36. The lowest BCUT2D eigenvalue weighted by molar-refractivity contribution is 0.175. The van der Waals surface area contributed by atoms with Crippen LogP contribution in [0.3, 0.4) is 0 Å². The molecule has 2 aliphatic carbocycles. The van der Waals surface area contributed by atoms with Gasteiger partial charge in [0, 0.05) is 19.1 Å². The van der Waals surface area contributed by atoms with Gasteiger partial charge < -0.3 is 5.73 Å². The van der Waals surface area contributed by atoms with Crippen molar-refractivity contribution in [3.63, 3.8) is 0 Å². The standard InChI is InChI=1S/C19H30N2/c1-3-15-6-4-5-7-18(15)19(12-20)21(2)13-17-11-14-8-9-16(17)10-14/h4-7,14,16-17,19H,3,8-13,20H2,1-2H3. The summed E-state index contributed by atoms with van der Waals surface area (Å²) in [6, 6.07) is 9.20. The molecule has 0 radical (unpaired) electrons. The first-order valence-corrected chi connectivity index (χ1v) is 8.71. The van der Waals surface area contributed by atoms with Crippen molar-refractivity contribution in [2.24, 2.45) is 23.5 Å². The molecule has 3 rings (SSSR count). The van der Waals surface area contributed by atoms with E-state index in [1.54, 1.807) is 0 Å². The zero-order valence-electron chi connectivity index (χ0n) is 13.6. The smallest absolute Gasteiger partial charge is 0.0470 e. The number of hydrogen-bond acceptors (Lipinski definition) is 2. The summed E-state index contributed by atoms with van der Waals surface area (Å²) < 4.78 is 0. The van der Waals surface area contributed by atoms with Crippen LogP contribution in [0.2, 0.25) is 0 Å². The van der Waals surface area contributed by atoms with Crippen molar-refractivity contribution in [3.05, 3.63) is 35.4 Å². The molecule has 4 atom stereocenters. The minimum absolute atomic E-state index is 0.375. The van der Waals surface area contributed by atoms with Gasteiger partial charge in [0.2, 0.25) is 0 Å². The molecule has 0 amide bonds. The van der Waals surface area contributed by atoms with Crippen LogP contribution >= 0.6 is 0 Å². The zero-order valence-corrected chi connectivity index (χ0v) is 13.6. The molecule has 0 saturated heterocycles. The molecule has 2 N–H and O–H groups in total. The molecule has 2 aliphatic rings. The number of nitrogens with two attached hydrogens (primary N) is 1. The van der Waals surface area contributed by atoms with Crippen molar-refractivity contribution in [3.8, 4) is 0 Å². The second kappa shape index (κ2) is 6.50. The van der Waals surface area contributed by atoms with Gasteiger partial charge in [-0.3, -0.25) is 4.90 Å². The fourth-order valence-corrected chi connectivity index (χ4v) is 4.82. The molecule has 4 unspecified atom stereocenters. The second-order valence-electron chi connectivity index (χ2n) is 7.18. The Morgan fingerprint density at radius 2 is 2.05 bits per heavy atom. The Morgan fingerprint density at radius 1 is 1.24 bits per heavy atom. The van der Waals surface area contributed by atoms with E-state index in [-0.39, 0.29) is 0 Å². The van der Waals surface area contributed by atoms with Crippen LogP contribution in [-0.2, 0) is 6.42 Å². The third-order valence-electron chi connectivity index (χ3n) is 5.96. The molecule has 0 heterocycles. The van der Waals surface area contributed by atoms with E-state index in [1.165, 1.54) is 43.4 Å². The summed E-state index contributed by atoms with van der Waals surface area (Å²) in [7, 11) is 2.27. The van der Waals surface area contributed by atoms with E-state index in [0.717, 1.165) is 24.2 Å². The Morgan fingerprint density at radius 3 is 2.67 bits per heavy atom. The van der Waals surface area contributed by atoms with Gasteiger partial charge in [0.25, 0.3) is 0 Å². The maximum atomic E-state index is 6.14. The van der Waals surface area contributed by atoms with E-state index in [4.69, 9.17) is 5.73 Å². The molecule has 116 valence electrons. The number of benzene rings is 1. The van der Waals surface area contributed by atoms with Crippen LogP contribution < -0.4 is 5.73 Å². The fourth-order valence-electron chi connectivity index (χ4n) is 4.82. The molecular weight excluding hydrogens is 256 g/mol. The quantitative estimate of drug-likeness (QED) is 0.865. The van der Waals surface area contributed by atoms with Gasteiger partial charge in [-0.25, -0.2) is 0 Å². The molecule has 0 spiro atoms. The van der Waals surface area contributed by atoms with Crippen molar-refractivity contribution >= 4 is 0 Å². The molecule has 1 aromatic carbocycles. The van der Waals surface area contributed by atoms with Gasteiger partial charge in [0.05, 0.1) is 0 Å². The maximum Gasteiger partial charge on any atom is 0.0470 e. The average Bonchev–Trinajstić information content (AvgIpc) is 3.11. The van der Waals surface area contributed by atoms with Crippen molar-refractivity contribution in [2.75, 3.05) is 20.1 Å². The third-order valence-corrected chi connectivity index (χ3v) is 5.96. The summed E-state index contributed by atoms with van der Waals surface area (Å²) in [6.45, 7) is 4.18.